The maximum absolute atomic E-state index is 5.65. The molecule has 20 heavy (non-hydrogen) atoms. The fraction of sp³-hybridized carbons (Fsp3) is 0.467. The largest absolute Gasteiger partial charge is 0.419 e. The third kappa shape index (κ3) is 4.43. The zero-order chi connectivity index (χ0) is 14.4. The van der Waals surface area contributed by atoms with E-state index in [-0.39, 0.29) is 0 Å². The fourth-order valence-corrected chi connectivity index (χ4v) is 1.84. The van der Waals surface area contributed by atoms with Gasteiger partial charge < -0.3 is 14.6 Å². The van der Waals surface area contributed by atoms with Gasteiger partial charge in [-0.1, -0.05) is 18.2 Å². The lowest BCUT2D eigenvalue weighted by atomic mass is 10.2. The van der Waals surface area contributed by atoms with Crippen LogP contribution < -0.4 is 5.32 Å². The van der Waals surface area contributed by atoms with Crippen molar-refractivity contribution in [2.24, 2.45) is 0 Å². The number of hydrogen-bond donors (Lipinski definition) is 1. The van der Waals surface area contributed by atoms with E-state index in [9.17, 15) is 0 Å². The first-order valence-electron chi connectivity index (χ1n) is 6.91. The van der Waals surface area contributed by atoms with Crippen molar-refractivity contribution in [2.75, 3.05) is 20.6 Å². The van der Waals surface area contributed by atoms with Crippen molar-refractivity contribution in [3.05, 3.63) is 36.2 Å². The Hall–Kier alpha value is -1.72. The zero-order valence-corrected chi connectivity index (χ0v) is 12.3. The van der Waals surface area contributed by atoms with Crippen LogP contribution in [0.1, 0.15) is 19.2 Å². The van der Waals surface area contributed by atoms with Gasteiger partial charge in [-0.05, 0) is 46.1 Å². The Kier molecular flexibility index (Phi) is 5.26. The van der Waals surface area contributed by atoms with Crippen LogP contribution in [0.15, 0.2) is 34.7 Å². The second kappa shape index (κ2) is 7.17. The molecule has 5 heteroatoms. The van der Waals surface area contributed by atoms with E-state index in [0.717, 1.165) is 18.5 Å². The lowest BCUT2D eigenvalue weighted by molar-refractivity contribution is 0.358. The number of benzene rings is 1. The Morgan fingerprint density at radius 2 is 1.95 bits per heavy atom. The molecule has 2 rings (SSSR count). The van der Waals surface area contributed by atoms with Crippen LogP contribution >= 0.6 is 0 Å². The number of hydrogen-bond acceptors (Lipinski definition) is 5. The van der Waals surface area contributed by atoms with Crippen LogP contribution in [0.25, 0.3) is 11.5 Å². The predicted octanol–water partition coefficient (Wildman–Crippen LogP) is 2.17. The molecule has 0 aliphatic heterocycles. The summed E-state index contributed by atoms with van der Waals surface area (Å²) in [5.74, 6) is 1.20. The van der Waals surface area contributed by atoms with Crippen molar-refractivity contribution in [1.82, 2.24) is 20.4 Å². The first kappa shape index (κ1) is 14.7. The number of nitrogens with one attached hydrogen (secondary N) is 1. The molecule has 1 aromatic carbocycles. The highest BCUT2D eigenvalue weighted by molar-refractivity contribution is 5.51. The highest BCUT2D eigenvalue weighted by atomic mass is 16.4. The molecule has 1 atom stereocenters. The quantitative estimate of drug-likeness (QED) is 0.838. The summed E-state index contributed by atoms with van der Waals surface area (Å²) in [4.78, 5) is 2.18. The van der Waals surface area contributed by atoms with Gasteiger partial charge in [-0.15, -0.1) is 10.2 Å². The van der Waals surface area contributed by atoms with Gasteiger partial charge in [-0.2, -0.15) is 0 Å². The number of nitrogens with zero attached hydrogens (tertiary/aromatic N) is 3. The van der Waals surface area contributed by atoms with Gasteiger partial charge in [0.05, 0.1) is 6.54 Å². The van der Waals surface area contributed by atoms with Crippen molar-refractivity contribution >= 4 is 0 Å². The summed E-state index contributed by atoms with van der Waals surface area (Å²) in [6.07, 6.45) is 1.09. The average molecular weight is 274 g/mol. The van der Waals surface area contributed by atoms with Crippen LogP contribution in [0.2, 0.25) is 0 Å². The number of rotatable bonds is 7. The van der Waals surface area contributed by atoms with E-state index < -0.39 is 0 Å². The van der Waals surface area contributed by atoms with Gasteiger partial charge in [0.25, 0.3) is 0 Å². The highest BCUT2D eigenvalue weighted by Crippen LogP contribution is 2.16. The molecule has 2 aromatic rings. The zero-order valence-electron chi connectivity index (χ0n) is 12.3. The van der Waals surface area contributed by atoms with E-state index in [1.165, 1.54) is 0 Å². The summed E-state index contributed by atoms with van der Waals surface area (Å²) in [5, 5.41) is 11.5. The van der Waals surface area contributed by atoms with Gasteiger partial charge in [0, 0.05) is 11.6 Å². The van der Waals surface area contributed by atoms with Crippen LogP contribution in [-0.2, 0) is 6.54 Å². The van der Waals surface area contributed by atoms with E-state index in [1.807, 2.05) is 30.3 Å². The molecule has 0 spiro atoms. The van der Waals surface area contributed by atoms with Gasteiger partial charge in [0.2, 0.25) is 11.8 Å². The predicted molar refractivity (Wildman–Crippen MR) is 79.2 cm³/mol. The second-order valence-electron chi connectivity index (χ2n) is 5.24. The Labute approximate surface area is 120 Å². The molecule has 1 heterocycles. The lowest BCUT2D eigenvalue weighted by Crippen LogP contribution is -2.29. The molecule has 1 unspecified atom stereocenters. The molecule has 1 N–H and O–H groups in total. The summed E-state index contributed by atoms with van der Waals surface area (Å²) < 4.78 is 5.65. The van der Waals surface area contributed by atoms with Crippen LogP contribution in [0, 0.1) is 0 Å². The molecular formula is C15H22N4O. The van der Waals surface area contributed by atoms with Gasteiger partial charge in [0.1, 0.15) is 0 Å². The van der Waals surface area contributed by atoms with Crippen molar-refractivity contribution in [3.63, 3.8) is 0 Å². The molecule has 0 bridgehead atoms. The summed E-state index contributed by atoms with van der Waals surface area (Å²) >= 11 is 0. The molecular weight excluding hydrogens is 252 g/mol. The minimum absolute atomic E-state index is 0.421. The average Bonchev–Trinajstić information content (AvgIpc) is 2.93. The van der Waals surface area contributed by atoms with Crippen molar-refractivity contribution < 1.29 is 4.42 Å². The Morgan fingerprint density at radius 3 is 2.65 bits per heavy atom. The minimum Gasteiger partial charge on any atom is -0.419 e. The standard InChI is InChI=1S/C15H22N4O/c1-12(9-10-19(2)3)16-11-14-17-18-15(20-14)13-7-5-4-6-8-13/h4-8,12,16H,9-11H2,1-3H3. The molecule has 108 valence electrons. The van der Waals surface area contributed by atoms with Crippen molar-refractivity contribution in [2.45, 2.75) is 25.9 Å². The van der Waals surface area contributed by atoms with Gasteiger partial charge in [-0.3, -0.25) is 0 Å². The Bertz CT molecular complexity index is 510. The molecule has 0 saturated heterocycles. The maximum Gasteiger partial charge on any atom is 0.247 e. The van der Waals surface area contributed by atoms with E-state index in [1.54, 1.807) is 0 Å². The van der Waals surface area contributed by atoms with Crippen LogP contribution in [0.4, 0.5) is 0 Å². The van der Waals surface area contributed by atoms with Crippen LogP contribution in [0.5, 0.6) is 0 Å². The maximum atomic E-state index is 5.65. The second-order valence-corrected chi connectivity index (χ2v) is 5.24. The van der Waals surface area contributed by atoms with Crippen molar-refractivity contribution in [1.29, 1.82) is 0 Å². The highest BCUT2D eigenvalue weighted by Gasteiger charge is 2.09. The molecule has 0 amide bonds. The fourth-order valence-electron chi connectivity index (χ4n) is 1.84. The van der Waals surface area contributed by atoms with E-state index >= 15 is 0 Å². The monoisotopic (exact) mass is 274 g/mol. The molecule has 1 aromatic heterocycles. The molecule has 0 fully saturated rings. The normalized spacial score (nSPS) is 12.8. The first-order valence-corrected chi connectivity index (χ1v) is 6.91. The summed E-state index contributed by atoms with van der Waals surface area (Å²) in [6.45, 7) is 3.83. The van der Waals surface area contributed by atoms with Gasteiger partial charge >= 0.3 is 0 Å². The Morgan fingerprint density at radius 1 is 1.20 bits per heavy atom. The molecule has 0 saturated carbocycles. The summed E-state index contributed by atoms with van der Waals surface area (Å²) in [7, 11) is 4.16. The summed E-state index contributed by atoms with van der Waals surface area (Å²) in [6, 6.07) is 10.2. The number of aromatic nitrogens is 2. The van der Waals surface area contributed by atoms with E-state index in [0.29, 0.717) is 24.4 Å². The first-order chi connectivity index (χ1) is 9.65. The van der Waals surface area contributed by atoms with E-state index in [4.69, 9.17) is 4.42 Å². The van der Waals surface area contributed by atoms with Crippen LogP contribution in [-0.4, -0.2) is 41.8 Å². The molecule has 5 nitrogen and oxygen atoms in total. The topological polar surface area (TPSA) is 54.2 Å². The molecule has 0 radical (unpaired) electrons. The molecule has 0 aliphatic rings. The lowest BCUT2D eigenvalue weighted by Gasteiger charge is -2.15. The third-order valence-corrected chi connectivity index (χ3v) is 3.10. The molecule has 0 aliphatic carbocycles. The van der Waals surface area contributed by atoms with Crippen LogP contribution in [0.3, 0.4) is 0 Å². The third-order valence-electron chi connectivity index (χ3n) is 3.10. The Balaban J connectivity index is 1.84. The summed E-state index contributed by atoms with van der Waals surface area (Å²) in [5.41, 5.74) is 0.951. The van der Waals surface area contributed by atoms with E-state index in [2.05, 4.69) is 41.4 Å². The van der Waals surface area contributed by atoms with Crippen molar-refractivity contribution in [3.8, 4) is 11.5 Å². The van der Waals surface area contributed by atoms with Gasteiger partial charge in [0.15, 0.2) is 0 Å². The SMILES string of the molecule is CC(CCN(C)C)NCc1nnc(-c2ccccc2)o1. The smallest absolute Gasteiger partial charge is 0.247 e. The minimum atomic E-state index is 0.421. The van der Waals surface area contributed by atoms with Gasteiger partial charge in [-0.25, -0.2) is 0 Å².